The SMILES string of the molecule is COc1ccc(SC(C(=O)OC(C)C)c2ccc(Cl)cc2)cc1. The van der Waals surface area contributed by atoms with Crippen molar-refractivity contribution in [2.45, 2.75) is 30.1 Å². The summed E-state index contributed by atoms with van der Waals surface area (Å²) in [5.74, 6) is 0.519. The molecular weight excluding hydrogens is 332 g/mol. The first-order valence-electron chi connectivity index (χ1n) is 7.26. The van der Waals surface area contributed by atoms with Gasteiger partial charge in [0.25, 0.3) is 0 Å². The molecule has 0 fully saturated rings. The van der Waals surface area contributed by atoms with Crippen LogP contribution < -0.4 is 4.74 Å². The number of carbonyl (C=O) groups excluding carboxylic acids is 1. The lowest BCUT2D eigenvalue weighted by atomic mass is 10.1. The Hall–Kier alpha value is -1.65. The molecule has 2 aromatic carbocycles. The van der Waals surface area contributed by atoms with Gasteiger partial charge in [0.15, 0.2) is 0 Å². The minimum Gasteiger partial charge on any atom is -0.497 e. The summed E-state index contributed by atoms with van der Waals surface area (Å²) in [5, 5.41) is 0.197. The summed E-state index contributed by atoms with van der Waals surface area (Å²) in [6.45, 7) is 3.68. The zero-order valence-corrected chi connectivity index (χ0v) is 14.9. The van der Waals surface area contributed by atoms with Gasteiger partial charge in [-0.05, 0) is 55.8 Å². The molecule has 0 aliphatic carbocycles. The Morgan fingerprint density at radius 3 is 2.17 bits per heavy atom. The fourth-order valence-corrected chi connectivity index (χ4v) is 3.11. The van der Waals surface area contributed by atoms with Crippen LogP contribution in [0.1, 0.15) is 24.7 Å². The first-order chi connectivity index (χ1) is 11.0. The van der Waals surface area contributed by atoms with Crippen LogP contribution in [0.25, 0.3) is 0 Å². The van der Waals surface area contributed by atoms with E-state index in [2.05, 4.69) is 0 Å². The van der Waals surface area contributed by atoms with Gasteiger partial charge in [0.05, 0.1) is 13.2 Å². The monoisotopic (exact) mass is 350 g/mol. The molecule has 0 aliphatic rings. The van der Waals surface area contributed by atoms with E-state index in [1.807, 2.05) is 50.2 Å². The molecule has 0 aromatic heterocycles. The molecule has 0 N–H and O–H groups in total. The highest BCUT2D eigenvalue weighted by Crippen LogP contribution is 2.37. The molecule has 5 heteroatoms. The lowest BCUT2D eigenvalue weighted by Crippen LogP contribution is -2.17. The number of rotatable bonds is 6. The largest absolute Gasteiger partial charge is 0.497 e. The molecule has 0 amide bonds. The molecule has 122 valence electrons. The predicted octanol–water partition coefficient (Wildman–Crippen LogP) is 5.13. The molecule has 23 heavy (non-hydrogen) atoms. The van der Waals surface area contributed by atoms with Crippen molar-refractivity contribution in [2.24, 2.45) is 0 Å². The lowest BCUT2D eigenvalue weighted by Gasteiger charge is -2.18. The van der Waals surface area contributed by atoms with E-state index in [1.54, 1.807) is 19.2 Å². The molecule has 0 saturated heterocycles. The Morgan fingerprint density at radius 2 is 1.65 bits per heavy atom. The van der Waals surface area contributed by atoms with Gasteiger partial charge in [-0.2, -0.15) is 0 Å². The summed E-state index contributed by atoms with van der Waals surface area (Å²) in [7, 11) is 1.62. The predicted molar refractivity (Wildman–Crippen MR) is 94.3 cm³/mol. The zero-order valence-electron chi connectivity index (χ0n) is 13.3. The summed E-state index contributed by atoms with van der Waals surface area (Å²) >= 11 is 7.38. The van der Waals surface area contributed by atoms with E-state index >= 15 is 0 Å². The second kappa shape index (κ2) is 8.27. The first-order valence-corrected chi connectivity index (χ1v) is 8.52. The smallest absolute Gasteiger partial charge is 0.324 e. The van der Waals surface area contributed by atoms with Gasteiger partial charge in [0, 0.05) is 9.92 Å². The van der Waals surface area contributed by atoms with Crippen molar-refractivity contribution in [2.75, 3.05) is 7.11 Å². The zero-order chi connectivity index (χ0) is 16.8. The third-order valence-corrected chi connectivity index (χ3v) is 4.55. The van der Waals surface area contributed by atoms with Gasteiger partial charge in [-0.1, -0.05) is 23.7 Å². The van der Waals surface area contributed by atoms with E-state index in [0.717, 1.165) is 16.2 Å². The number of thioether (sulfide) groups is 1. The van der Waals surface area contributed by atoms with Crippen LogP contribution in [-0.4, -0.2) is 19.2 Å². The Morgan fingerprint density at radius 1 is 1.04 bits per heavy atom. The van der Waals surface area contributed by atoms with E-state index in [-0.39, 0.29) is 12.1 Å². The van der Waals surface area contributed by atoms with Crippen LogP contribution in [0.3, 0.4) is 0 Å². The number of methoxy groups -OCH3 is 1. The Kier molecular flexibility index (Phi) is 6.37. The van der Waals surface area contributed by atoms with Crippen LogP contribution in [0.4, 0.5) is 0 Å². The first kappa shape index (κ1) is 17.7. The number of ether oxygens (including phenoxy) is 2. The molecule has 0 spiro atoms. The molecule has 0 heterocycles. The fourth-order valence-electron chi connectivity index (χ4n) is 1.97. The minimum atomic E-state index is -0.442. The summed E-state index contributed by atoms with van der Waals surface area (Å²) in [6, 6.07) is 14.9. The number of hydrogen-bond acceptors (Lipinski definition) is 4. The average Bonchev–Trinajstić information content (AvgIpc) is 2.53. The minimum absolute atomic E-state index is 0.159. The van der Waals surface area contributed by atoms with E-state index in [0.29, 0.717) is 5.02 Å². The maximum Gasteiger partial charge on any atom is 0.324 e. The number of halogens is 1. The van der Waals surface area contributed by atoms with Crippen LogP contribution >= 0.6 is 23.4 Å². The second-order valence-corrected chi connectivity index (χ2v) is 6.83. The average molecular weight is 351 g/mol. The molecular formula is C18H19ClO3S. The fraction of sp³-hybridized carbons (Fsp3) is 0.278. The Balaban J connectivity index is 2.24. The van der Waals surface area contributed by atoms with Gasteiger partial charge in [-0.25, -0.2) is 0 Å². The topological polar surface area (TPSA) is 35.5 Å². The molecule has 2 rings (SSSR count). The van der Waals surface area contributed by atoms with E-state index in [9.17, 15) is 4.79 Å². The van der Waals surface area contributed by atoms with Crippen molar-refractivity contribution in [3.63, 3.8) is 0 Å². The van der Waals surface area contributed by atoms with Crippen molar-refractivity contribution < 1.29 is 14.3 Å². The van der Waals surface area contributed by atoms with Gasteiger partial charge in [-0.15, -0.1) is 11.8 Å². The van der Waals surface area contributed by atoms with Crippen LogP contribution in [0.5, 0.6) is 5.75 Å². The van der Waals surface area contributed by atoms with Crippen molar-refractivity contribution in [1.82, 2.24) is 0 Å². The highest BCUT2D eigenvalue weighted by molar-refractivity contribution is 8.00. The number of hydrogen-bond donors (Lipinski definition) is 0. The maximum atomic E-state index is 12.5. The van der Waals surface area contributed by atoms with Crippen molar-refractivity contribution in [3.05, 3.63) is 59.1 Å². The Labute approximate surface area is 145 Å². The molecule has 2 aromatic rings. The number of benzene rings is 2. The summed E-state index contributed by atoms with van der Waals surface area (Å²) < 4.78 is 10.6. The molecule has 0 aliphatic heterocycles. The maximum absolute atomic E-state index is 12.5. The van der Waals surface area contributed by atoms with Crippen molar-refractivity contribution in [1.29, 1.82) is 0 Å². The summed E-state index contributed by atoms with van der Waals surface area (Å²) in [6.07, 6.45) is -0.159. The van der Waals surface area contributed by atoms with Gasteiger partial charge in [-0.3, -0.25) is 4.79 Å². The molecule has 1 atom stereocenters. The lowest BCUT2D eigenvalue weighted by molar-refractivity contribution is -0.146. The highest BCUT2D eigenvalue weighted by Gasteiger charge is 2.24. The van der Waals surface area contributed by atoms with Crippen LogP contribution in [-0.2, 0) is 9.53 Å². The summed E-state index contributed by atoms with van der Waals surface area (Å²) in [5.41, 5.74) is 0.862. The Bertz CT molecular complexity index is 638. The van der Waals surface area contributed by atoms with Gasteiger partial charge < -0.3 is 9.47 Å². The molecule has 0 bridgehead atoms. The molecule has 0 radical (unpaired) electrons. The number of carbonyl (C=O) groups is 1. The van der Waals surface area contributed by atoms with Gasteiger partial charge in [0.2, 0.25) is 0 Å². The molecule has 0 saturated carbocycles. The van der Waals surface area contributed by atoms with Gasteiger partial charge in [0.1, 0.15) is 11.0 Å². The normalized spacial score (nSPS) is 12.0. The summed E-state index contributed by atoms with van der Waals surface area (Å²) in [4.78, 5) is 13.4. The highest BCUT2D eigenvalue weighted by atomic mass is 35.5. The second-order valence-electron chi connectivity index (χ2n) is 5.21. The van der Waals surface area contributed by atoms with Crippen molar-refractivity contribution in [3.8, 4) is 5.75 Å². The van der Waals surface area contributed by atoms with E-state index < -0.39 is 5.25 Å². The van der Waals surface area contributed by atoms with Crippen LogP contribution in [0.2, 0.25) is 5.02 Å². The molecule has 1 unspecified atom stereocenters. The van der Waals surface area contributed by atoms with Gasteiger partial charge >= 0.3 is 5.97 Å². The third kappa shape index (κ3) is 5.19. The number of esters is 1. The van der Waals surface area contributed by atoms with E-state index in [4.69, 9.17) is 21.1 Å². The van der Waals surface area contributed by atoms with E-state index in [1.165, 1.54) is 11.8 Å². The standard InChI is InChI=1S/C18H19ClO3S/c1-12(2)22-18(20)17(13-4-6-14(19)7-5-13)23-16-10-8-15(21-3)9-11-16/h4-12,17H,1-3H3. The van der Waals surface area contributed by atoms with Crippen LogP contribution in [0.15, 0.2) is 53.4 Å². The quantitative estimate of drug-likeness (QED) is 0.534. The third-order valence-electron chi connectivity index (χ3n) is 3.05. The van der Waals surface area contributed by atoms with Crippen molar-refractivity contribution >= 4 is 29.3 Å². The van der Waals surface area contributed by atoms with Crippen LogP contribution in [0, 0.1) is 0 Å². The molecule has 3 nitrogen and oxygen atoms in total.